The maximum atomic E-state index is 15.2. The molecule has 2 aromatic rings. The fraction of sp³-hybridized carbons (Fsp3) is 0.444. The Labute approximate surface area is 237 Å². The van der Waals surface area contributed by atoms with Gasteiger partial charge in [0.1, 0.15) is 35.1 Å². The Morgan fingerprint density at radius 3 is 2.59 bits per heavy atom. The minimum atomic E-state index is -1.37. The summed E-state index contributed by atoms with van der Waals surface area (Å²) in [6.07, 6.45) is 3.14. The number of aromatic nitrogens is 1. The first-order valence-corrected chi connectivity index (χ1v) is 14.4. The third-order valence-electron chi connectivity index (χ3n) is 7.70. The van der Waals surface area contributed by atoms with Crippen LogP contribution in [-0.2, 0) is 19.1 Å². The van der Waals surface area contributed by atoms with E-state index in [1.807, 2.05) is 9.47 Å². The summed E-state index contributed by atoms with van der Waals surface area (Å²) in [4.78, 5) is 65.6. The van der Waals surface area contributed by atoms with Crippen LogP contribution in [0.2, 0.25) is 0 Å². The molecular formula is C27H28FN5O7S. The molecule has 41 heavy (non-hydrogen) atoms. The van der Waals surface area contributed by atoms with E-state index in [-0.39, 0.29) is 34.0 Å². The number of anilines is 1. The number of piperazine rings is 1. The zero-order valence-corrected chi connectivity index (χ0v) is 23.0. The maximum Gasteiger partial charge on any atom is 0.352 e. The van der Waals surface area contributed by atoms with E-state index in [9.17, 15) is 29.1 Å². The fourth-order valence-electron chi connectivity index (χ4n) is 5.55. The van der Waals surface area contributed by atoms with Gasteiger partial charge in [-0.3, -0.25) is 19.3 Å². The number of hydrogen-bond acceptors (Lipinski definition) is 9. The molecule has 14 heteroatoms. The molecule has 216 valence electrons. The van der Waals surface area contributed by atoms with Crippen molar-refractivity contribution in [3.8, 4) is 0 Å². The Balaban J connectivity index is 1.28. The summed E-state index contributed by atoms with van der Waals surface area (Å²) in [6, 6.07) is 2.08. The number of rotatable bonds is 7. The average Bonchev–Trinajstić information content (AvgIpc) is 3.80. The molecule has 12 nitrogen and oxygen atoms in total. The predicted octanol–water partition coefficient (Wildman–Crippen LogP) is 0.800. The van der Waals surface area contributed by atoms with E-state index in [0.717, 1.165) is 30.8 Å². The van der Waals surface area contributed by atoms with E-state index in [0.29, 0.717) is 24.3 Å². The number of thioether (sulfide) groups is 1. The van der Waals surface area contributed by atoms with Gasteiger partial charge in [0.25, 0.3) is 5.91 Å². The summed E-state index contributed by atoms with van der Waals surface area (Å²) in [6.45, 7) is 3.52. The molecule has 3 N–H and O–H groups in total. The van der Waals surface area contributed by atoms with Gasteiger partial charge in [0.05, 0.1) is 11.2 Å². The number of ether oxygens (including phenoxy) is 1. The van der Waals surface area contributed by atoms with Gasteiger partial charge in [0.2, 0.25) is 11.3 Å². The molecule has 0 spiro atoms. The normalized spacial score (nSPS) is 22.3. The van der Waals surface area contributed by atoms with E-state index in [1.54, 1.807) is 6.07 Å². The minimum absolute atomic E-state index is 0.0629. The largest absolute Gasteiger partial charge is 0.477 e. The molecule has 1 aliphatic carbocycles. The second kappa shape index (κ2) is 10.5. The Morgan fingerprint density at radius 1 is 1.20 bits per heavy atom. The van der Waals surface area contributed by atoms with Crippen molar-refractivity contribution in [3.63, 3.8) is 0 Å². The average molecular weight is 586 g/mol. The van der Waals surface area contributed by atoms with Crippen LogP contribution in [0.3, 0.4) is 0 Å². The van der Waals surface area contributed by atoms with Gasteiger partial charge >= 0.3 is 11.9 Å². The van der Waals surface area contributed by atoms with Gasteiger partial charge in [-0.15, -0.1) is 11.8 Å². The van der Waals surface area contributed by atoms with Crippen molar-refractivity contribution in [2.45, 2.75) is 37.2 Å². The minimum Gasteiger partial charge on any atom is -0.477 e. The first kappa shape index (κ1) is 27.3. The number of pyridine rings is 1. The van der Waals surface area contributed by atoms with Gasteiger partial charge in [-0.1, -0.05) is 0 Å². The Morgan fingerprint density at radius 2 is 1.93 bits per heavy atom. The van der Waals surface area contributed by atoms with E-state index < -0.39 is 53.0 Å². The van der Waals surface area contributed by atoms with Crippen LogP contribution in [-0.4, -0.2) is 88.3 Å². The van der Waals surface area contributed by atoms with Gasteiger partial charge in [-0.05, 0) is 25.0 Å². The summed E-state index contributed by atoms with van der Waals surface area (Å²) in [5.74, 6) is -3.71. The number of halogens is 1. The van der Waals surface area contributed by atoms with Crippen molar-refractivity contribution in [2.75, 3.05) is 43.4 Å². The van der Waals surface area contributed by atoms with Gasteiger partial charge in [0.15, 0.2) is 0 Å². The van der Waals surface area contributed by atoms with Crippen molar-refractivity contribution >= 4 is 52.1 Å². The lowest BCUT2D eigenvalue weighted by atomic mass is 10.0. The first-order chi connectivity index (χ1) is 19.7. The Kier molecular flexibility index (Phi) is 6.98. The van der Waals surface area contributed by atoms with Crippen molar-refractivity contribution in [2.24, 2.45) is 0 Å². The number of nitrogens with zero attached hydrogens (tertiary/aromatic N) is 3. The SMILES string of the molecule is CC(=O)N[C@@H]1C(=O)N2C(C(=O)O)=C(COC(=O)c3cn(C4CC4)c4cc(N5CCNCC5)c(F)cc4c3=O)CS[C@H]12. The molecule has 2 saturated heterocycles. The summed E-state index contributed by atoms with van der Waals surface area (Å²) in [5, 5.41) is 15.1. The number of hydrogen-bond donors (Lipinski definition) is 3. The molecule has 3 aliphatic heterocycles. The highest BCUT2D eigenvalue weighted by Crippen LogP contribution is 2.41. The zero-order valence-electron chi connectivity index (χ0n) is 22.1. The van der Waals surface area contributed by atoms with Gasteiger partial charge in [0, 0.05) is 62.1 Å². The molecule has 1 aromatic heterocycles. The number of amides is 2. The van der Waals surface area contributed by atoms with Gasteiger partial charge < -0.3 is 29.9 Å². The van der Waals surface area contributed by atoms with Crippen molar-refractivity contribution in [1.29, 1.82) is 0 Å². The van der Waals surface area contributed by atoms with Crippen LogP contribution in [0, 0.1) is 5.82 Å². The number of carboxylic acid groups (broad SMARTS) is 1. The standard InChI is InChI=1S/C27H28FN5O7S/c1-13(34)30-21-24(36)33-22(26(37)38)14(12-41-25(21)33)11-40-27(39)17-10-32(15-2-3-15)19-9-20(31-6-4-29-5-7-31)18(28)8-16(19)23(17)35/h8-10,15,21,25,29H,2-7,11-12H2,1H3,(H,30,34)(H,37,38)/t21-,25-/m1/s1. The lowest BCUT2D eigenvalue weighted by Crippen LogP contribution is -2.70. The monoisotopic (exact) mass is 585 g/mol. The molecule has 2 amide bonds. The number of benzene rings is 1. The molecule has 2 atom stereocenters. The van der Waals surface area contributed by atoms with E-state index in [1.165, 1.54) is 30.9 Å². The lowest BCUT2D eigenvalue weighted by molar-refractivity contribution is -0.150. The molecule has 0 bridgehead atoms. The molecule has 1 saturated carbocycles. The molecule has 4 heterocycles. The maximum absolute atomic E-state index is 15.2. The van der Waals surface area contributed by atoms with Crippen molar-refractivity contribution in [1.82, 2.24) is 20.1 Å². The van der Waals surface area contributed by atoms with Gasteiger partial charge in [-0.2, -0.15) is 0 Å². The van der Waals surface area contributed by atoms with Gasteiger partial charge in [-0.25, -0.2) is 14.0 Å². The summed E-state index contributed by atoms with van der Waals surface area (Å²) < 4.78 is 22.5. The van der Waals surface area contributed by atoms with Crippen LogP contribution in [0.1, 0.15) is 36.2 Å². The molecule has 0 unspecified atom stereocenters. The van der Waals surface area contributed by atoms with E-state index in [2.05, 4.69) is 10.6 Å². The fourth-order valence-corrected chi connectivity index (χ4v) is 6.88. The van der Waals surface area contributed by atoms with Crippen LogP contribution in [0.5, 0.6) is 0 Å². The summed E-state index contributed by atoms with van der Waals surface area (Å²) in [5.41, 5.74) is -0.107. The number of esters is 1. The number of carbonyl (C=O) groups is 4. The second-order valence-corrected chi connectivity index (χ2v) is 11.6. The summed E-state index contributed by atoms with van der Waals surface area (Å²) in [7, 11) is 0. The van der Waals surface area contributed by atoms with Crippen molar-refractivity contribution < 1.29 is 33.4 Å². The first-order valence-electron chi connectivity index (χ1n) is 13.3. The zero-order chi connectivity index (χ0) is 29.0. The van der Waals surface area contributed by atoms with Crippen LogP contribution in [0.15, 0.2) is 34.4 Å². The smallest absolute Gasteiger partial charge is 0.352 e. The third kappa shape index (κ3) is 4.84. The topological polar surface area (TPSA) is 150 Å². The number of nitrogens with one attached hydrogen (secondary N) is 2. The van der Waals surface area contributed by atoms with Crippen LogP contribution < -0.4 is 21.0 Å². The second-order valence-electron chi connectivity index (χ2n) is 10.5. The lowest BCUT2D eigenvalue weighted by Gasteiger charge is -2.49. The molecule has 0 radical (unpaired) electrons. The number of aliphatic carboxylic acids is 1. The number of β-lactam (4-membered cyclic amide) rings is 1. The predicted molar refractivity (Wildman–Crippen MR) is 147 cm³/mol. The highest BCUT2D eigenvalue weighted by Gasteiger charge is 2.54. The molecular weight excluding hydrogens is 557 g/mol. The summed E-state index contributed by atoms with van der Waals surface area (Å²) >= 11 is 1.24. The molecule has 6 rings (SSSR count). The molecule has 3 fully saturated rings. The number of carbonyl (C=O) groups excluding carboxylic acids is 3. The van der Waals surface area contributed by atoms with E-state index in [4.69, 9.17) is 4.74 Å². The number of carboxylic acids is 1. The van der Waals surface area contributed by atoms with Crippen LogP contribution in [0.4, 0.5) is 10.1 Å². The molecule has 1 aromatic carbocycles. The molecule has 4 aliphatic rings. The third-order valence-corrected chi connectivity index (χ3v) is 9.04. The highest BCUT2D eigenvalue weighted by atomic mass is 32.2. The highest BCUT2D eigenvalue weighted by molar-refractivity contribution is 8.00. The Hall–Kier alpha value is -3.91. The van der Waals surface area contributed by atoms with Crippen LogP contribution in [0.25, 0.3) is 10.9 Å². The van der Waals surface area contributed by atoms with Crippen molar-refractivity contribution in [3.05, 3.63) is 51.2 Å². The van der Waals surface area contributed by atoms with E-state index >= 15 is 4.39 Å². The Bertz CT molecular complexity index is 1580. The van der Waals surface area contributed by atoms with Crippen LogP contribution >= 0.6 is 11.8 Å². The number of fused-ring (bicyclic) bond motifs is 2. The quantitative estimate of drug-likeness (QED) is 0.315.